The smallest absolute Gasteiger partial charge is 0.115 e. The van der Waals surface area contributed by atoms with Crippen molar-refractivity contribution in [2.24, 2.45) is 0 Å². The van der Waals surface area contributed by atoms with Crippen molar-refractivity contribution < 1.29 is 4.39 Å². The van der Waals surface area contributed by atoms with E-state index in [1.54, 1.807) is 25.1 Å². The molecule has 0 aliphatic rings. The second-order valence-corrected chi connectivity index (χ2v) is 2.34. The Labute approximate surface area is 65.1 Å². The van der Waals surface area contributed by atoms with Crippen molar-refractivity contribution in [3.05, 3.63) is 34.9 Å². The number of benzene rings is 1. The lowest BCUT2D eigenvalue weighted by atomic mass is 10.0. The van der Waals surface area contributed by atoms with E-state index < -0.39 is 6.67 Å². The van der Waals surface area contributed by atoms with Gasteiger partial charge in [-0.15, -0.1) is 0 Å². The SMILES string of the molecule is Cc1c(C#N)cccc1CF. The quantitative estimate of drug-likeness (QED) is 0.601. The van der Waals surface area contributed by atoms with Gasteiger partial charge in [0.2, 0.25) is 0 Å². The molecule has 0 heterocycles. The first-order chi connectivity index (χ1) is 5.29. The van der Waals surface area contributed by atoms with E-state index >= 15 is 0 Å². The molecule has 0 saturated carbocycles. The third-order valence-electron chi connectivity index (χ3n) is 1.71. The summed E-state index contributed by atoms with van der Waals surface area (Å²) in [5.41, 5.74) is 1.90. The van der Waals surface area contributed by atoms with Gasteiger partial charge in [0, 0.05) is 0 Å². The van der Waals surface area contributed by atoms with Gasteiger partial charge >= 0.3 is 0 Å². The zero-order valence-electron chi connectivity index (χ0n) is 6.26. The van der Waals surface area contributed by atoms with Crippen LogP contribution in [0.4, 0.5) is 4.39 Å². The maximum absolute atomic E-state index is 12.2. The highest BCUT2D eigenvalue weighted by atomic mass is 19.1. The van der Waals surface area contributed by atoms with E-state index in [9.17, 15) is 4.39 Å². The van der Waals surface area contributed by atoms with E-state index in [0.29, 0.717) is 11.1 Å². The summed E-state index contributed by atoms with van der Waals surface area (Å²) < 4.78 is 12.2. The highest BCUT2D eigenvalue weighted by Gasteiger charge is 2.01. The van der Waals surface area contributed by atoms with Crippen LogP contribution in [0.5, 0.6) is 0 Å². The molecule has 0 spiro atoms. The molecule has 1 aromatic carbocycles. The normalized spacial score (nSPS) is 9.18. The van der Waals surface area contributed by atoms with Gasteiger partial charge in [0.15, 0.2) is 0 Å². The molecule has 56 valence electrons. The van der Waals surface area contributed by atoms with Gasteiger partial charge in [0.05, 0.1) is 11.6 Å². The minimum Gasteiger partial charge on any atom is -0.246 e. The molecule has 0 unspecified atom stereocenters. The van der Waals surface area contributed by atoms with Gasteiger partial charge < -0.3 is 0 Å². The molecule has 1 nitrogen and oxygen atoms in total. The van der Waals surface area contributed by atoms with Crippen LogP contribution >= 0.6 is 0 Å². The predicted octanol–water partition coefficient (Wildman–Crippen LogP) is 2.34. The van der Waals surface area contributed by atoms with Gasteiger partial charge in [0.25, 0.3) is 0 Å². The fourth-order valence-electron chi connectivity index (χ4n) is 0.949. The molecule has 0 radical (unpaired) electrons. The van der Waals surface area contributed by atoms with E-state index in [-0.39, 0.29) is 0 Å². The first-order valence-electron chi connectivity index (χ1n) is 3.34. The Bertz CT molecular complexity index is 299. The number of nitrogens with zero attached hydrogens (tertiary/aromatic N) is 1. The highest BCUT2D eigenvalue weighted by Crippen LogP contribution is 2.13. The molecule has 0 saturated heterocycles. The number of hydrogen-bond donors (Lipinski definition) is 0. The zero-order chi connectivity index (χ0) is 8.27. The minimum atomic E-state index is -0.499. The third-order valence-corrected chi connectivity index (χ3v) is 1.71. The predicted molar refractivity (Wildman–Crippen MR) is 40.7 cm³/mol. The molecule has 0 aliphatic carbocycles. The fraction of sp³-hybridized carbons (Fsp3) is 0.222. The fourth-order valence-corrected chi connectivity index (χ4v) is 0.949. The van der Waals surface area contributed by atoms with Crippen LogP contribution in [-0.4, -0.2) is 0 Å². The number of rotatable bonds is 1. The average Bonchev–Trinajstić information content (AvgIpc) is 2.05. The molecule has 0 N–H and O–H groups in total. The van der Waals surface area contributed by atoms with Crippen LogP contribution in [0.3, 0.4) is 0 Å². The van der Waals surface area contributed by atoms with Crippen LogP contribution < -0.4 is 0 Å². The summed E-state index contributed by atoms with van der Waals surface area (Å²) in [4.78, 5) is 0. The molecule has 1 aromatic rings. The van der Waals surface area contributed by atoms with Crippen molar-refractivity contribution in [1.82, 2.24) is 0 Å². The second kappa shape index (κ2) is 3.16. The van der Waals surface area contributed by atoms with Crippen LogP contribution in [0, 0.1) is 18.3 Å². The van der Waals surface area contributed by atoms with E-state index in [1.807, 2.05) is 6.07 Å². The average molecular weight is 149 g/mol. The molecule has 0 fully saturated rings. The van der Waals surface area contributed by atoms with Crippen LogP contribution in [0.2, 0.25) is 0 Å². The Balaban J connectivity index is 3.23. The first-order valence-corrected chi connectivity index (χ1v) is 3.34. The van der Waals surface area contributed by atoms with E-state index in [0.717, 1.165) is 5.56 Å². The molecule has 1 rings (SSSR count). The standard InChI is InChI=1S/C9H8FN/c1-7-8(5-10)3-2-4-9(7)6-11/h2-4H,5H2,1H3. The molecule has 0 bridgehead atoms. The van der Waals surface area contributed by atoms with Crippen LogP contribution in [0.15, 0.2) is 18.2 Å². The molecule has 0 amide bonds. The topological polar surface area (TPSA) is 23.8 Å². The van der Waals surface area contributed by atoms with Crippen molar-refractivity contribution in [1.29, 1.82) is 5.26 Å². The second-order valence-electron chi connectivity index (χ2n) is 2.34. The number of nitriles is 1. The first kappa shape index (κ1) is 7.74. The zero-order valence-corrected chi connectivity index (χ0v) is 6.26. The Morgan fingerprint density at radius 1 is 1.55 bits per heavy atom. The monoisotopic (exact) mass is 149 g/mol. The summed E-state index contributed by atoms with van der Waals surface area (Å²) in [5, 5.41) is 8.57. The van der Waals surface area contributed by atoms with Gasteiger partial charge in [-0.2, -0.15) is 5.26 Å². The minimum absolute atomic E-state index is 0.499. The van der Waals surface area contributed by atoms with Crippen molar-refractivity contribution in [3.63, 3.8) is 0 Å². The number of alkyl halides is 1. The van der Waals surface area contributed by atoms with Gasteiger partial charge in [-0.25, -0.2) is 4.39 Å². The number of halogens is 1. The molecule has 11 heavy (non-hydrogen) atoms. The van der Waals surface area contributed by atoms with Crippen molar-refractivity contribution in [3.8, 4) is 6.07 Å². The van der Waals surface area contributed by atoms with E-state index in [2.05, 4.69) is 0 Å². The summed E-state index contributed by atoms with van der Waals surface area (Å²) in [6, 6.07) is 7.08. The maximum Gasteiger partial charge on any atom is 0.115 e. The van der Waals surface area contributed by atoms with Gasteiger partial charge in [0.1, 0.15) is 6.67 Å². The summed E-state index contributed by atoms with van der Waals surface area (Å²) in [6.07, 6.45) is 0. The summed E-state index contributed by atoms with van der Waals surface area (Å²) in [7, 11) is 0. The summed E-state index contributed by atoms with van der Waals surface area (Å²) >= 11 is 0. The van der Waals surface area contributed by atoms with Gasteiger partial charge in [-0.05, 0) is 24.1 Å². The lowest BCUT2D eigenvalue weighted by Crippen LogP contribution is -1.88. The van der Waals surface area contributed by atoms with E-state index in [1.165, 1.54) is 0 Å². The Morgan fingerprint density at radius 2 is 2.27 bits per heavy atom. The van der Waals surface area contributed by atoms with E-state index in [4.69, 9.17) is 5.26 Å². The van der Waals surface area contributed by atoms with Crippen molar-refractivity contribution in [2.45, 2.75) is 13.6 Å². The van der Waals surface area contributed by atoms with Crippen molar-refractivity contribution >= 4 is 0 Å². The Kier molecular flexibility index (Phi) is 2.22. The van der Waals surface area contributed by atoms with Crippen LogP contribution in [0.25, 0.3) is 0 Å². The molecule has 2 heteroatoms. The lowest BCUT2D eigenvalue weighted by molar-refractivity contribution is 0.483. The molecular formula is C9H8FN. The largest absolute Gasteiger partial charge is 0.246 e. The molecule has 0 atom stereocenters. The third kappa shape index (κ3) is 1.38. The summed E-state index contributed by atoms with van der Waals surface area (Å²) in [5.74, 6) is 0. The number of hydrogen-bond acceptors (Lipinski definition) is 1. The molecule has 0 aromatic heterocycles. The maximum atomic E-state index is 12.2. The Hall–Kier alpha value is -1.36. The lowest BCUT2D eigenvalue weighted by Gasteiger charge is -2.00. The Morgan fingerprint density at radius 3 is 2.82 bits per heavy atom. The molecular weight excluding hydrogens is 141 g/mol. The van der Waals surface area contributed by atoms with Gasteiger partial charge in [-0.1, -0.05) is 12.1 Å². The van der Waals surface area contributed by atoms with Crippen molar-refractivity contribution in [2.75, 3.05) is 0 Å². The van der Waals surface area contributed by atoms with Crippen LogP contribution in [0.1, 0.15) is 16.7 Å². The highest BCUT2D eigenvalue weighted by molar-refractivity contribution is 5.41. The van der Waals surface area contributed by atoms with Gasteiger partial charge in [-0.3, -0.25) is 0 Å². The van der Waals surface area contributed by atoms with Crippen LogP contribution in [-0.2, 0) is 6.67 Å². The molecule has 0 aliphatic heterocycles. The summed E-state index contributed by atoms with van der Waals surface area (Å²) in [6.45, 7) is 1.26.